The standard InChI is InChI=1S/C14H16N4O3S/c1-9-15-14(22-17-9)16-12(19)10-5-2-3-7-18(10)13(20)11-6-4-8-21-11/h4,6,8,10H,2-3,5,7H2,1H3,(H,15,16,17,19)/t10-/m1/s1. The molecule has 0 unspecified atom stereocenters. The van der Waals surface area contributed by atoms with Crippen LogP contribution < -0.4 is 5.32 Å². The Bertz CT molecular complexity index is 667. The average molecular weight is 320 g/mol. The minimum Gasteiger partial charge on any atom is -0.459 e. The Morgan fingerprint density at radius 3 is 3.00 bits per heavy atom. The molecular formula is C14H16N4O3S. The first kappa shape index (κ1) is 14.7. The molecule has 1 N–H and O–H groups in total. The highest BCUT2D eigenvalue weighted by Gasteiger charge is 2.34. The molecule has 2 aromatic heterocycles. The Balaban J connectivity index is 1.74. The van der Waals surface area contributed by atoms with Gasteiger partial charge >= 0.3 is 0 Å². The summed E-state index contributed by atoms with van der Waals surface area (Å²) in [6.07, 6.45) is 3.88. The lowest BCUT2D eigenvalue weighted by atomic mass is 10.0. The number of piperidine rings is 1. The average Bonchev–Trinajstić information content (AvgIpc) is 3.18. The molecule has 0 radical (unpaired) electrons. The van der Waals surface area contributed by atoms with Gasteiger partial charge in [-0.15, -0.1) is 0 Å². The van der Waals surface area contributed by atoms with Crippen molar-refractivity contribution in [1.29, 1.82) is 0 Å². The van der Waals surface area contributed by atoms with Crippen molar-refractivity contribution in [3.8, 4) is 0 Å². The summed E-state index contributed by atoms with van der Waals surface area (Å²) in [5.41, 5.74) is 0. The fourth-order valence-corrected chi connectivity index (χ4v) is 3.10. The van der Waals surface area contributed by atoms with E-state index in [0.29, 0.717) is 23.9 Å². The predicted molar refractivity (Wildman–Crippen MR) is 80.7 cm³/mol. The van der Waals surface area contributed by atoms with E-state index in [4.69, 9.17) is 4.42 Å². The molecule has 1 atom stereocenters. The molecule has 7 nitrogen and oxygen atoms in total. The highest BCUT2D eigenvalue weighted by Crippen LogP contribution is 2.22. The number of amides is 2. The van der Waals surface area contributed by atoms with Crippen LogP contribution in [0, 0.1) is 6.92 Å². The first-order chi connectivity index (χ1) is 10.6. The maximum absolute atomic E-state index is 12.5. The van der Waals surface area contributed by atoms with E-state index < -0.39 is 6.04 Å². The largest absolute Gasteiger partial charge is 0.459 e. The van der Waals surface area contributed by atoms with E-state index in [9.17, 15) is 9.59 Å². The Hall–Kier alpha value is -2.22. The van der Waals surface area contributed by atoms with Crippen LogP contribution in [-0.2, 0) is 4.79 Å². The number of rotatable bonds is 3. The molecule has 0 spiro atoms. The lowest BCUT2D eigenvalue weighted by Crippen LogP contribution is -2.49. The maximum Gasteiger partial charge on any atom is 0.290 e. The van der Waals surface area contributed by atoms with E-state index in [1.165, 1.54) is 6.26 Å². The molecule has 0 aliphatic carbocycles. The van der Waals surface area contributed by atoms with Gasteiger partial charge in [0.1, 0.15) is 11.9 Å². The van der Waals surface area contributed by atoms with Gasteiger partial charge in [0.2, 0.25) is 11.0 Å². The maximum atomic E-state index is 12.5. The molecular weight excluding hydrogens is 304 g/mol. The van der Waals surface area contributed by atoms with E-state index >= 15 is 0 Å². The minimum atomic E-state index is -0.504. The highest BCUT2D eigenvalue weighted by atomic mass is 32.1. The van der Waals surface area contributed by atoms with Crippen LogP contribution in [0.4, 0.5) is 5.13 Å². The van der Waals surface area contributed by atoms with Crippen LogP contribution in [0.15, 0.2) is 22.8 Å². The summed E-state index contributed by atoms with van der Waals surface area (Å²) < 4.78 is 9.18. The molecule has 1 fully saturated rings. The molecule has 0 aromatic carbocycles. The fourth-order valence-electron chi connectivity index (χ4n) is 2.53. The lowest BCUT2D eigenvalue weighted by Gasteiger charge is -2.33. The number of carbonyl (C=O) groups is 2. The summed E-state index contributed by atoms with van der Waals surface area (Å²) in [6.45, 7) is 2.31. The number of aromatic nitrogens is 2. The minimum absolute atomic E-state index is 0.226. The van der Waals surface area contributed by atoms with Gasteiger partial charge in [-0.05, 0) is 38.3 Å². The topological polar surface area (TPSA) is 88.3 Å². The summed E-state index contributed by atoms with van der Waals surface area (Å²) in [7, 11) is 0. The summed E-state index contributed by atoms with van der Waals surface area (Å²) in [6, 6.07) is 2.77. The predicted octanol–water partition coefficient (Wildman–Crippen LogP) is 2.07. The van der Waals surface area contributed by atoms with Gasteiger partial charge in [0, 0.05) is 18.1 Å². The second-order valence-corrected chi connectivity index (χ2v) is 5.88. The molecule has 3 heterocycles. The van der Waals surface area contributed by atoms with Gasteiger partial charge in [-0.3, -0.25) is 14.9 Å². The van der Waals surface area contributed by atoms with Crippen molar-refractivity contribution < 1.29 is 14.0 Å². The van der Waals surface area contributed by atoms with E-state index in [0.717, 1.165) is 24.4 Å². The van der Waals surface area contributed by atoms with Crippen LogP contribution in [0.2, 0.25) is 0 Å². The van der Waals surface area contributed by atoms with Crippen molar-refractivity contribution in [3.05, 3.63) is 30.0 Å². The number of furan rings is 1. The van der Waals surface area contributed by atoms with Crippen molar-refractivity contribution >= 4 is 28.5 Å². The number of nitrogens with one attached hydrogen (secondary N) is 1. The van der Waals surface area contributed by atoms with Crippen LogP contribution in [0.3, 0.4) is 0 Å². The molecule has 2 amide bonds. The molecule has 2 aromatic rings. The number of hydrogen-bond acceptors (Lipinski definition) is 6. The van der Waals surface area contributed by atoms with Crippen molar-refractivity contribution in [2.24, 2.45) is 0 Å². The zero-order valence-corrected chi connectivity index (χ0v) is 12.9. The highest BCUT2D eigenvalue weighted by molar-refractivity contribution is 7.09. The van der Waals surface area contributed by atoms with Gasteiger partial charge < -0.3 is 9.32 Å². The Labute approximate surface area is 131 Å². The van der Waals surface area contributed by atoms with E-state index in [-0.39, 0.29) is 17.6 Å². The first-order valence-electron chi connectivity index (χ1n) is 7.11. The van der Waals surface area contributed by atoms with E-state index in [1.54, 1.807) is 24.0 Å². The molecule has 1 saturated heterocycles. The number of anilines is 1. The molecule has 22 heavy (non-hydrogen) atoms. The number of carbonyl (C=O) groups excluding carboxylic acids is 2. The molecule has 3 rings (SSSR count). The number of aryl methyl sites for hydroxylation is 1. The van der Waals surface area contributed by atoms with Crippen molar-refractivity contribution in [2.45, 2.75) is 32.2 Å². The number of hydrogen-bond donors (Lipinski definition) is 1. The zero-order valence-electron chi connectivity index (χ0n) is 12.1. The smallest absolute Gasteiger partial charge is 0.290 e. The molecule has 0 saturated carbocycles. The van der Waals surface area contributed by atoms with Crippen LogP contribution in [0.5, 0.6) is 0 Å². The Morgan fingerprint density at radius 1 is 1.45 bits per heavy atom. The van der Waals surface area contributed by atoms with Gasteiger partial charge in [-0.25, -0.2) is 4.98 Å². The van der Waals surface area contributed by atoms with Crippen molar-refractivity contribution in [3.63, 3.8) is 0 Å². The third kappa shape index (κ3) is 3.01. The molecule has 1 aliphatic heterocycles. The van der Waals surface area contributed by atoms with Gasteiger partial charge in [-0.1, -0.05) is 0 Å². The van der Waals surface area contributed by atoms with Crippen LogP contribution >= 0.6 is 11.5 Å². The monoisotopic (exact) mass is 320 g/mol. The number of likely N-dealkylation sites (tertiary alicyclic amines) is 1. The second kappa shape index (κ2) is 6.27. The lowest BCUT2D eigenvalue weighted by molar-refractivity contribution is -0.121. The molecule has 1 aliphatic rings. The third-order valence-electron chi connectivity index (χ3n) is 3.56. The van der Waals surface area contributed by atoms with Crippen LogP contribution in [-0.4, -0.2) is 38.7 Å². The van der Waals surface area contributed by atoms with E-state index in [2.05, 4.69) is 14.7 Å². The van der Waals surface area contributed by atoms with Gasteiger partial charge in [0.05, 0.1) is 6.26 Å². The molecule has 116 valence electrons. The van der Waals surface area contributed by atoms with Gasteiger partial charge in [-0.2, -0.15) is 4.37 Å². The summed E-state index contributed by atoms with van der Waals surface area (Å²) >= 11 is 1.13. The third-order valence-corrected chi connectivity index (χ3v) is 4.28. The Kier molecular flexibility index (Phi) is 4.19. The van der Waals surface area contributed by atoms with Crippen LogP contribution in [0.25, 0.3) is 0 Å². The number of nitrogens with zero attached hydrogens (tertiary/aromatic N) is 3. The SMILES string of the molecule is Cc1nsc(NC(=O)[C@H]2CCCCN2C(=O)c2ccco2)n1. The quantitative estimate of drug-likeness (QED) is 0.935. The first-order valence-corrected chi connectivity index (χ1v) is 7.88. The molecule has 8 heteroatoms. The van der Waals surface area contributed by atoms with Crippen molar-refractivity contribution in [1.82, 2.24) is 14.3 Å². The van der Waals surface area contributed by atoms with Crippen molar-refractivity contribution in [2.75, 3.05) is 11.9 Å². The van der Waals surface area contributed by atoms with Gasteiger partial charge in [0.15, 0.2) is 5.76 Å². The second-order valence-electron chi connectivity index (χ2n) is 5.12. The van der Waals surface area contributed by atoms with E-state index in [1.807, 2.05) is 0 Å². The summed E-state index contributed by atoms with van der Waals surface area (Å²) in [4.78, 5) is 30.6. The molecule has 0 bridgehead atoms. The summed E-state index contributed by atoms with van der Waals surface area (Å²) in [5.74, 6) is 0.396. The normalized spacial score (nSPS) is 18.2. The van der Waals surface area contributed by atoms with Gasteiger partial charge in [0.25, 0.3) is 5.91 Å². The fraction of sp³-hybridized carbons (Fsp3) is 0.429. The van der Waals surface area contributed by atoms with Crippen LogP contribution in [0.1, 0.15) is 35.6 Å². The zero-order chi connectivity index (χ0) is 15.5. The Morgan fingerprint density at radius 2 is 2.32 bits per heavy atom. The summed E-state index contributed by atoms with van der Waals surface area (Å²) in [5, 5.41) is 3.20.